The third-order valence-electron chi connectivity index (χ3n) is 7.45. The fourth-order valence-corrected chi connectivity index (χ4v) is 5.99. The molecule has 8 heteroatoms. The van der Waals surface area contributed by atoms with E-state index in [1.807, 2.05) is 44.2 Å². The Morgan fingerprint density at radius 3 is 2.61 bits per heavy atom. The normalized spacial score (nSPS) is 31.0. The van der Waals surface area contributed by atoms with Gasteiger partial charge in [0.2, 0.25) is 11.8 Å². The van der Waals surface area contributed by atoms with Gasteiger partial charge < -0.3 is 24.7 Å². The number of nitrogens with zero attached hydrogens (tertiary/aromatic N) is 2. The van der Waals surface area contributed by atoms with Gasteiger partial charge in [-0.25, -0.2) is 0 Å². The summed E-state index contributed by atoms with van der Waals surface area (Å²) < 4.78 is 6.25. The number of amides is 2. The number of aliphatic carboxylic acids is 1. The van der Waals surface area contributed by atoms with Crippen LogP contribution in [0.25, 0.3) is 0 Å². The molecule has 1 spiro atoms. The first-order valence-electron chi connectivity index (χ1n) is 11.5. The van der Waals surface area contributed by atoms with Crippen LogP contribution in [0.3, 0.4) is 0 Å². The molecule has 3 fully saturated rings. The van der Waals surface area contributed by atoms with Gasteiger partial charge in [-0.3, -0.25) is 14.4 Å². The highest BCUT2D eigenvalue weighted by Gasteiger charge is 2.75. The molecule has 33 heavy (non-hydrogen) atoms. The number of carbonyl (C=O) groups excluding carboxylic acids is 2. The number of likely N-dealkylation sites (tertiary alicyclic amines) is 1. The molecule has 0 aromatic heterocycles. The highest BCUT2D eigenvalue weighted by Crippen LogP contribution is 2.59. The second kappa shape index (κ2) is 8.91. The zero-order chi connectivity index (χ0) is 23.9. The average molecular weight is 457 g/mol. The number of carbonyl (C=O) groups is 3. The first kappa shape index (κ1) is 23.4. The third-order valence-corrected chi connectivity index (χ3v) is 7.45. The SMILES string of the molecule is C=CCN(Cc1ccccc1)C(=O)[C@H]1N([C@@H](CO)C(C)C)C(=O)[C@@H]2[C@@H](C(=O)O)[C@H]3CC[C@]21O3. The van der Waals surface area contributed by atoms with Gasteiger partial charge in [-0.15, -0.1) is 6.58 Å². The van der Waals surface area contributed by atoms with E-state index in [0.29, 0.717) is 19.4 Å². The predicted molar refractivity (Wildman–Crippen MR) is 120 cm³/mol. The number of carboxylic acid groups (broad SMARTS) is 1. The lowest BCUT2D eigenvalue weighted by Gasteiger charge is -2.40. The lowest BCUT2D eigenvalue weighted by Crippen LogP contribution is -2.59. The van der Waals surface area contributed by atoms with Gasteiger partial charge in [-0.1, -0.05) is 50.3 Å². The van der Waals surface area contributed by atoms with Crippen molar-refractivity contribution in [2.45, 2.75) is 57.0 Å². The third kappa shape index (κ3) is 3.65. The van der Waals surface area contributed by atoms with Crippen LogP contribution >= 0.6 is 0 Å². The Bertz CT molecular complexity index is 934. The number of benzene rings is 1. The average Bonchev–Trinajstić information content (AvgIpc) is 3.42. The monoisotopic (exact) mass is 456 g/mol. The summed E-state index contributed by atoms with van der Waals surface area (Å²) in [6.07, 6.45) is 1.98. The molecule has 0 unspecified atom stereocenters. The van der Waals surface area contributed by atoms with E-state index in [1.54, 1.807) is 11.0 Å². The van der Waals surface area contributed by atoms with Crippen molar-refractivity contribution in [1.29, 1.82) is 0 Å². The van der Waals surface area contributed by atoms with Crippen molar-refractivity contribution in [2.75, 3.05) is 13.2 Å². The van der Waals surface area contributed by atoms with Crippen LogP contribution in [0.1, 0.15) is 32.3 Å². The van der Waals surface area contributed by atoms with Crippen LogP contribution < -0.4 is 0 Å². The van der Waals surface area contributed by atoms with Gasteiger partial charge in [-0.05, 0) is 24.3 Å². The minimum absolute atomic E-state index is 0.132. The van der Waals surface area contributed by atoms with Crippen LogP contribution in [0.15, 0.2) is 43.0 Å². The summed E-state index contributed by atoms with van der Waals surface area (Å²) in [5, 5.41) is 20.1. The number of fused-ring (bicyclic) bond motifs is 1. The molecule has 3 heterocycles. The quantitative estimate of drug-likeness (QED) is 0.548. The molecular formula is C25H32N2O6. The van der Waals surface area contributed by atoms with Gasteiger partial charge in [-0.2, -0.15) is 0 Å². The summed E-state index contributed by atoms with van der Waals surface area (Å²) in [5.74, 6) is -3.84. The Morgan fingerprint density at radius 2 is 2.03 bits per heavy atom. The van der Waals surface area contributed by atoms with E-state index in [4.69, 9.17) is 4.74 Å². The minimum atomic E-state index is -1.19. The molecular weight excluding hydrogens is 424 g/mol. The zero-order valence-corrected chi connectivity index (χ0v) is 19.1. The van der Waals surface area contributed by atoms with Crippen LogP contribution in [0.2, 0.25) is 0 Å². The molecule has 2 bridgehead atoms. The summed E-state index contributed by atoms with van der Waals surface area (Å²) in [4.78, 5) is 43.0. The fraction of sp³-hybridized carbons (Fsp3) is 0.560. The Balaban J connectivity index is 1.78. The Hall–Kier alpha value is -2.71. The summed E-state index contributed by atoms with van der Waals surface area (Å²) in [7, 11) is 0. The van der Waals surface area contributed by atoms with E-state index in [9.17, 15) is 24.6 Å². The molecule has 2 N–H and O–H groups in total. The molecule has 3 saturated heterocycles. The number of aliphatic hydroxyl groups excluding tert-OH is 1. The molecule has 0 saturated carbocycles. The lowest BCUT2D eigenvalue weighted by molar-refractivity contribution is -0.154. The van der Waals surface area contributed by atoms with Gasteiger partial charge in [0.1, 0.15) is 11.6 Å². The second-order valence-electron chi connectivity index (χ2n) is 9.63. The minimum Gasteiger partial charge on any atom is -0.481 e. The van der Waals surface area contributed by atoms with Gasteiger partial charge in [0.15, 0.2) is 0 Å². The molecule has 8 nitrogen and oxygen atoms in total. The molecule has 1 aromatic rings. The number of ether oxygens (including phenoxy) is 1. The van der Waals surface area contributed by atoms with Crippen LogP contribution in [0.5, 0.6) is 0 Å². The Labute approximate surface area is 193 Å². The molecule has 1 aromatic carbocycles. The molecule has 6 atom stereocenters. The van der Waals surface area contributed by atoms with Crippen molar-refractivity contribution >= 4 is 17.8 Å². The zero-order valence-electron chi connectivity index (χ0n) is 19.1. The maximum atomic E-state index is 14.1. The lowest BCUT2D eigenvalue weighted by atomic mass is 9.70. The second-order valence-corrected chi connectivity index (χ2v) is 9.63. The highest BCUT2D eigenvalue weighted by atomic mass is 16.5. The summed E-state index contributed by atoms with van der Waals surface area (Å²) in [6, 6.07) is 7.92. The van der Waals surface area contributed by atoms with E-state index in [1.165, 1.54) is 4.90 Å². The van der Waals surface area contributed by atoms with E-state index in [-0.39, 0.29) is 25.0 Å². The molecule has 3 aliphatic heterocycles. The van der Waals surface area contributed by atoms with Gasteiger partial charge in [0.05, 0.1) is 30.6 Å². The van der Waals surface area contributed by atoms with Crippen LogP contribution in [0, 0.1) is 17.8 Å². The van der Waals surface area contributed by atoms with E-state index in [0.717, 1.165) is 5.56 Å². The van der Waals surface area contributed by atoms with Crippen LogP contribution in [-0.2, 0) is 25.7 Å². The van der Waals surface area contributed by atoms with Crippen molar-refractivity contribution in [3.63, 3.8) is 0 Å². The smallest absolute Gasteiger partial charge is 0.310 e. The van der Waals surface area contributed by atoms with Crippen molar-refractivity contribution in [1.82, 2.24) is 9.80 Å². The highest BCUT2D eigenvalue weighted by molar-refractivity contribution is 5.98. The summed E-state index contributed by atoms with van der Waals surface area (Å²) in [5.41, 5.74) is -0.263. The number of carboxylic acids is 1. The standard InChI is InChI=1S/C25H32N2O6/c1-4-12-26(13-16-8-6-5-7-9-16)23(30)21-25-11-10-18(33-25)19(24(31)32)20(25)22(29)27(21)17(14-28)15(2)3/h4-9,15,17-21,28H,1,10-14H2,2-3H3,(H,31,32)/t17-,18+,19-,20-,21+,25-/m0/s1. The number of hydrogen-bond donors (Lipinski definition) is 2. The van der Waals surface area contributed by atoms with Crippen molar-refractivity contribution in [2.24, 2.45) is 17.8 Å². The van der Waals surface area contributed by atoms with Crippen molar-refractivity contribution in [3.05, 3.63) is 48.6 Å². The van der Waals surface area contributed by atoms with Gasteiger partial charge in [0.25, 0.3) is 0 Å². The molecule has 3 aliphatic rings. The van der Waals surface area contributed by atoms with Crippen molar-refractivity contribution < 1.29 is 29.3 Å². The Morgan fingerprint density at radius 1 is 1.33 bits per heavy atom. The van der Waals surface area contributed by atoms with Gasteiger partial charge >= 0.3 is 5.97 Å². The van der Waals surface area contributed by atoms with E-state index >= 15 is 0 Å². The molecule has 2 amide bonds. The topological polar surface area (TPSA) is 107 Å². The summed E-state index contributed by atoms with van der Waals surface area (Å²) in [6.45, 7) is 7.81. The first-order valence-corrected chi connectivity index (χ1v) is 11.5. The van der Waals surface area contributed by atoms with Crippen LogP contribution in [0.4, 0.5) is 0 Å². The number of aliphatic hydroxyl groups is 1. The van der Waals surface area contributed by atoms with Crippen molar-refractivity contribution in [3.8, 4) is 0 Å². The molecule has 4 rings (SSSR count). The fourth-order valence-electron chi connectivity index (χ4n) is 5.99. The summed E-state index contributed by atoms with van der Waals surface area (Å²) >= 11 is 0. The Kier molecular flexibility index (Phi) is 6.33. The number of rotatable bonds is 9. The number of hydrogen-bond acceptors (Lipinski definition) is 5. The van der Waals surface area contributed by atoms with Crippen LogP contribution in [-0.4, -0.2) is 74.7 Å². The molecule has 178 valence electrons. The van der Waals surface area contributed by atoms with Gasteiger partial charge in [0, 0.05) is 13.1 Å². The molecule has 0 aliphatic carbocycles. The molecule has 0 radical (unpaired) electrons. The van der Waals surface area contributed by atoms with E-state index < -0.39 is 47.5 Å². The van der Waals surface area contributed by atoms with E-state index in [2.05, 4.69) is 6.58 Å². The first-order chi connectivity index (χ1) is 15.8. The predicted octanol–water partition coefficient (Wildman–Crippen LogP) is 1.68. The maximum absolute atomic E-state index is 14.1. The largest absolute Gasteiger partial charge is 0.481 e. The maximum Gasteiger partial charge on any atom is 0.310 e.